The predicted molar refractivity (Wildman–Crippen MR) is 73.1 cm³/mol. The number of carboxylic acids is 1. The van der Waals surface area contributed by atoms with Gasteiger partial charge in [-0.3, -0.25) is 4.79 Å². The zero-order valence-corrected chi connectivity index (χ0v) is 11.6. The van der Waals surface area contributed by atoms with Crippen LogP contribution in [0.4, 0.5) is 0 Å². The molecule has 0 amide bonds. The minimum Gasteiger partial charge on any atom is -0.508 e. The van der Waals surface area contributed by atoms with Crippen molar-refractivity contribution in [1.29, 1.82) is 0 Å². The van der Waals surface area contributed by atoms with Gasteiger partial charge in [-0.05, 0) is 30.5 Å². The van der Waals surface area contributed by atoms with Crippen molar-refractivity contribution in [1.82, 2.24) is 0 Å². The number of hydrogen-bond acceptors (Lipinski definition) is 5. The average Bonchev–Trinajstić information content (AvgIpc) is 2.33. The third-order valence-electron chi connectivity index (χ3n) is 3.78. The fraction of sp³-hybridized carbons (Fsp3) is 0.462. The van der Waals surface area contributed by atoms with Crippen LogP contribution in [0.5, 0.6) is 5.75 Å². The summed E-state index contributed by atoms with van der Waals surface area (Å²) in [5.41, 5.74) is 4.93. The topological polar surface area (TPSA) is 118 Å². The van der Waals surface area contributed by atoms with Gasteiger partial charge < -0.3 is 15.9 Å². The number of carbonyl (C=O) groups is 1. The molecule has 2 unspecified atom stereocenters. The number of carboxylic acid groups (broad SMARTS) is 1. The van der Waals surface area contributed by atoms with Crippen molar-refractivity contribution < 1.29 is 23.4 Å². The highest BCUT2D eigenvalue weighted by Gasteiger charge is 2.50. The van der Waals surface area contributed by atoms with Crippen molar-refractivity contribution in [2.24, 2.45) is 11.1 Å². The molecule has 1 aromatic carbocycles. The van der Waals surface area contributed by atoms with E-state index in [-0.39, 0.29) is 24.3 Å². The summed E-state index contributed by atoms with van der Waals surface area (Å²) in [6, 6.07) is 5.40. The fourth-order valence-corrected chi connectivity index (χ4v) is 4.65. The Balaban J connectivity index is 2.41. The van der Waals surface area contributed by atoms with Gasteiger partial charge in [0, 0.05) is 6.04 Å². The summed E-state index contributed by atoms with van der Waals surface area (Å²) >= 11 is 0. The largest absolute Gasteiger partial charge is 0.508 e. The molecule has 0 spiro atoms. The second-order valence-electron chi connectivity index (χ2n) is 5.30. The normalized spacial score (nSPS) is 28.9. The SMILES string of the molecule is NC1CCS(=O)(=O)CC1(Cc1cccc(O)c1)C(=O)O. The summed E-state index contributed by atoms with van der Waals surface area (Å²) in [5.74, 6) is -1.75. The van der Waals surface area contributed by atoms with Crippen LogP contribution in [0.15, 0.2) is 24.3 Å². The highest BCUT2D eigenvalue weighted by Crippen LogP contribution is 2.35. The molecule has 0 bridgehead atoms. The molecule has 0 aromatic heterocycles. The second-order valence-corrected chi connectivity index (χ2v) is 7.48. The number of benzene rings is 1. The first-order valence-electron chi connectivity index (χ1n) is 6.22. The molecule has 0 radical (unpaired) electrons. The van der Waals surface area contributed by atoms with Gasteiger partial charge in [-0.1, -0.05) is 12.1 Å². The van der Waals surface area contributed by atoms with E-state index >= 15 is 0 Å². The predicted octanol–water partition coefficient (Wildman–Crippen LogP) is 0.151. The number of phenolic OH excluding ortho intramolecular Hbond substituents is 1. The van der Waals surface area contributed by atoms with Crippen LogP contribution in [0, 0.1) is 5.41 Å². The molecule has 0 saturated carbocycles. The monoisotopic (exact) mass is 299 g/mol. The first-order chi connectivity index (χ1) is 9.25. The van der Waals surface area contributed by atoms with Crippen LogP contribution in [0.1, 0.15) is 12.0 Å². The number of aromatic hydroxyl groups is 1. The molecule has 2 rings (SSSR count). The van der Waals surface area contributed by atoms with Gasteiger partial charge >= 0.3 is 5.97 Å². The molecule has 1 aliphatic rings. The van der Waals surface area contributed by atoms with Gasteiger partial charge in [0.15, 0.2) is 9.84 Å². The molecule has 6 nitrogen and oxygen atoms in total. The third kappa shape index (κ3) is 2.78. The minimum atomic E-state index is -3.42. The fourth-order valence-electron chi connectivity index (χ4n) is 2.66. The van der Waals surface area contributed by atoms with Gasteiger partial charge in [0.25, 0.3) is 0 Å². The summed E-state index contributed by atoms with van der Waals surface area (Å²) in [4.78, 5) is 11.7. The van der Waals surface area contributed by atoms with Crippen molar-refractivity contribution >= 4 is 15.8 Å². The molecule has 1 aromatic rings. The highest BCUT2D eigenvalue weighted by atomic mass is 32.2. The lowest BCUT2D eigenvalue weighted by atomic mass is 9.75. The van der Waals surface area contributed by atoms with E-state index in [0.717, 1.165) is 0 Å². The lowest BCUT2D eigenvalue weighted by Crippen LogP contribution is -2.57. The van der Waals surface area contributed by atoms with Crippen LogP contribution in [0.3, 0.4) is 0 Å². The maximum atomic E-state index is 11.8. The smallest absolute Gasteiger partial charge is 0.312 e. The van der Waals surface area contributed by atoms with Crippen molar-refractivity contribution in [2.45, 2.75) is 18.9 Å². The van der Waals surface area contributed by atoms with Crippen molar-refractivity contribution in [2.75, 3.05) is 11.5 Å². The molecule has 7 heteroatoms. The number of sulfone groups is 1. The van der Waals surface area contributed by atoms with Crippen molar-refractivity contribution in [3.8, 4) is 5.75 Å². The molecular formula is C13H17NO5S. The highest BCUT2D eigenvalue weighted by molar-refractivity contribution is 7.91. The summed E-state index contributed by atoms with van der Waals surface area (Å²) in [5, 5.41) is 19.0. The lowest BCUT2D eigenvalue weighted by molar-refractivity contribution is -0.149. The van der Waals surface area contributed by atoms with E-state index in [1.54, 1.807) is 12.1 Å². The maximum absolute atomic E-state index is 11.8. The standard InChI is InChI=1S/C13H17NO5S/c14-11-4-5-20(18,19)8-13(11,12(16)17)7-9-2-1-3-10(15)6-9/h1-3,6,11,15H,4-5,7-8,14H2,(H,16,17). The van der Waals surface area contributed by atoms with Crippen LogP contribution in [-0.4, -0.2) is 42.1 Å². The van der Waals surface area contributed by atoms with Gasteiger partial charge in [0.05, 0.1) is 11.5 Å². The Hall–Kier alpha value is -1.60. The zero-order chi connectivity index (χ0) is 15.0. The number of rotatable bonds is 3. The number of hydrogen-bond donors (Lipinski definition) is 3. The molecular weight excluding hydrogens is 282 g/mol. The Morgan fingerprint density at radius 2 is 2.15 bits per heavy atom. The third-order valence-corrected chi connectivity index (χ3v) is 5.60. The van der Waals surface area contributed by atoms with Crippen molar-refractivity contribution in [3.63, 3.8) is 0 Å². The van der Waals surface area contributed by atoms with Crippen LogP contribution in [0.2, 0.25) is 0 Å². The summed E-state index contributed by atoms with van der Waals surface area (Å²) < 4.78 is 23.6. The van der Waals surface area contributed by atoms with Gasteiger partial charge in [-0.15, -0.1) is 0 Å². The molecule has 2 atom stereocenters. The molecule has 1 aliphatic heterocycles. The molecule has 20 heavy (non-hydrogen) atoms. The second kappa shape index (κ2) is 5.06. The molecule has 0 aliphatic carbocycles. The molecule has 110 valence electrons. The Bertz CT molecular complexity index is 627. The van der Waals surface area contributed by atoms with Gasteiger partial charge in [0.2, 0.25) is 0 Å². The van der Waals surface area contributed by atoms with Crippen LogP contribution < -0.4 is 5.73 Å². The molecule has 4 N–H and O–H groups in total. The van der Waals surface area contributed by atoms with E-state index in [0.29, 0.717) is 5.56 Å². The van der Waals surface area contributed by atoms with E-state index in [1.165, 1.54) is 12.1 Å². The van der Waals surface area contributed by atoms with Crippen LogP contribution in [0.25, 0.3) is 0 Å². The zero-order valence-electron chi connectivity index (χ0n) is 10.8. The average molecular weight is 299 g/mol. The summed E-state index contributed by atoms with van der Waals surface area (Å²) in [6.45, 7) is 0. The number of aliphatic carboxylic acids is 1. The minimum absolute atomic E-state index is 0.00952. The van der Waals surface area contributed by atoms with Crippen LogP contribution in [-0.2, 0) is 21.1 Å². The Morgan fingerprint density at radius 3 is 2.75 bits per heavy atom. The number of nitrogens with two attached hydrogens (primary N) is 1. The Labute approximate surface area is 117 Å². The van der Waals surface area contributed by atoms with Gasteiger partial charge in [-0.2, -0.15) is 0 Å². The summed E-state index contributed by atoms with van der Waals surface area (Å²) in [7, 11) is -3.42. The first kappa shape index (κ1) is 14.8. The van der Waals surface area contributed by atoms with E-state index in [1.807, 2.05) is 0 Å². The first-order valence-corrected chi connectivity index (χ1v) is 8.05. The van der Waals surface area contributed by atoms with E-state index in [2.05, 4.69) is 0 Å². The Kier molecular flexibility index (Phi) is 3.75. The Morgan fingerprint density at radius 1 is 1.45 bits per heavy atom. The van der Waals surface area contributed by atoms with Gasteiger partial charge in [-0.25, -0.2) is 8.42 Å². The van der Waals surface area contributed by atoms with E-state index in [4.69, 9.17) is 5.73 Å². The van der Waals surface area contributed by atoms with Crippen LogP contribution >= 0.6 is 0 Å². The quantitative estimate of drug-likeness (QED) is 0.731. The van der Waals surface area contributed by atoms with E-state index in [9.17, 15) is 23.4 Å². The molecule has 1 saturated heterocycles. The maximum Gasteiger partial charge on any atom is 0.312 e. The lowest BCUT2D eigenvalue weighted by Gasteiger charge is -2.38. The molecule has 1 fully saturated rings. The molecule has 1 heterocycles. The summed E-state index contributed by atoms with van der Waals surface area (Å²) in [6.07, 6.45) is 0.116. The van der Waals surface area contributed by atoms with E-state index < -0.39 is 33.0 Å². The number of phenols is 1. The van der Waals surface area contributed by atoms with Crippen molar-refractivity contribution in [3.05, 3.63) is 29.8 Å². The van der Waals surface area contributed by atoms with Gasteiger partial charge in [0.1, 0.15) is 11.2 Å².